The number of ether oxygens (including phenoxy) is 2. The normalized spacial score (nSPS) is 12.5. The van der Waals surface area contributed by atoms with Gasteiger partial charge < -0.3 is 9.47 Å². The lowest BCUT2D eigenvalue weighted by molar-refractivity contribution is -0.685. The van der Waals surface area contributed by atoms with Crippen molar-refractivity contribution in [3.8, 4) is 0 Å². The average Bonchev–Trinajstić information content (AvgIpc) is 2.96. The molecule has 0 N–H and O–H groups in total. The van der Waals surface area contributed by atoms with Crippen molar-refractivity contribution in [2.24, 2.45) is 7.05 Å². The van der Waals surface area contributed by atoms with Crippen molar-refractivity contribution in [1.82, 2.24) is 4.57 Å². The first-order valence-corrected chi connectivity index (χ1v) is 7.16. The molecule has 1 atom stereocenters. The maximum Gasteiger partial charge on any atom is 0.416 e. The lowest BCUT2D eigenvalue weighted by Crippen LogP contribution is -2.37. The maximum atomic E-state index is 12.6. The highest BCUT2D eigenvalue weighted by molar-refractivity contribution is 5.80. The first-order chi connectivity index (χ1) is 11.7. The number of carbonyl (C=O) groups excluding carboxylic acids is 2. The van der Waals surface area contributed by atoms with E-state index in [1.165, 1.54) is 4.57 Å². The number of methoxy groups -OCH3 is 1. The van der Waals surface area contributed by atoms with Crippen LogP contribution in [0.3, 0.4) is 0 Å². The number of hydrogen-bond donors (Lipinski definition) is 0. The van der Waals surface area contributed by atoms with Crippen LogP contribution < -0.4 is 4.57 Å². The highest BCUT2D eigenvalue weighted by Crippen LogP contribution is 2.30. The van der Waals surface area contributed by atoms with Gasteiger partial charge in [0.05, 0.1) is 19.7 Å². The van der Waals surface area contributed by atoms with Crippen LogP contribution in [0.2, 0.25) is 0 Å². The molecule has 1 heterocycles. The van der Waals surface area contributed by atoms with Gasteiger partial charge in [-0.15, -0.1) is 0 Å². The number of rotatable bonds is 5. The third kappa shape index (κ3) is 4.82. The van der Waals surface area contributed by atoms with Gasteiger partial charge in [0, 0.05) is 5.56 Å². The number of imidazole rings is 1. The monoisotopic (exact) mass is 357 g/mol. The van der Waals surface area contributed by atoms with E-state index in [0.717, 1.165) is 31.4 Å². The summed E-state index contributed by atoms with van der Waals surface area (Å²) in [6.45, 7) is -0.158. The van der Waals surface area contributed by atoms with Gasteiger partial charge in [-0.3, -0.25) is 0 Å². The summed E-state index contributed by atoms with van der Waals surface area (Å²) in [5.74, 6) is -1.61. The Labute approximate surface area is 141 Å². The number of hydrogen-bond acceptors (Lipinski definition) is 4. The molecule has 1 aromatic carbocycles. The molecule has 1 unspecified atom stereocenters. The van der Waals surface area contributed by atoms with Crippen LogP contribution in [-0.4, -0.2) is 23.6 Å². The van der Waals surface area contributed by atoms with Gasteiger partial charge in [-0.25, -0.2) is 18.7 Å². The van der Waals surface area contributed by atoms with Crippen LogP contribution >= 0.6 is 0 Å². The number of esters is 2. The van der Waals surface area contributed by atoms with E-state index < -0.39 is 29.8 Å². The Morgan fingerprint density at radius 2 is 1.88 bits per heavy atom. The predicted molar refractivity (Wildman–Crippen MR) is 77.9 cm³/mol. The number of benzene rings is 1. The molecule has 2 aromatic rings. The molecule has 0 amide bonds. The fourth-order valence-corrected chi connectivity index (χ4v) is 2.12. The lowest BCUT2D eigenvalue weighted by atomic mass is 10.1. The van der Waals surface area contributed by atoms with Crippen LogP contribution in [0.25, 0.3) is 0 Å². The molecule has 0 radical (unpaired) electrons. The van der Waals surface area contributed by atoms with Crippen molar-refractivity contribution in [3.05, 3.63) is 54.1 Å². The molecule has 1 aromatic heterocycles. The molecule has 0 aliphatic heterocycles. The molecule has 25 heavy (non-hydrogen) atoms. The molecule has 2 rings (SSSR count). The fraction of sp³-hybridized carbons (Fsp3) is 0.312. The first kappa shape index (κ1) is 18.5. The molecule has 6 nitrogen and oxygen atoms in total. The minimum Gasteiger partial charge on any atom is -0.466 e. The minimum absolute atomic E-state index is 0.0891. The summed E-state index contributed by atoms with van der Waals surface area (Å²) in [4.78, 5) is 23.9. The second kappa shape index (κ2) is 7.37. The molecule has 9 heteroatoms. The molecule has 0 spiro atoms. The van der Waals surface area contributed by atoms with Gasteiger partial charge >= 0.3 is 18.1 Å². The van der Waals surface area contributed by atoms with Crippen LogP contribution in [0.4, 0.5) is 13.2 Å². The number of carbonyl (C=O) groups is 2. The Morgan fingerprint density at radius 3 is 2.36 bits per heavy atom. The highest BCUT2D eigenvalue weighted by atomic mass is 19.4. The minimum atomic E-state index is -4.50. The molecule has 0 saturated carbocycles. The van der Waals surface area contributed by atoms with Crippen molar-refractivity contribution in [2.45, 2.75) is 18.8 Å². The summed E-state index contributed by atoms with van der Waals surface area (Å²) in [6.07, 6.45) is -0.969. The SMILES string of the molecule is COC(=O)C(OC(=O)C[n+]1ccn(C)c1)c1ccc(C(F)(F)F)cc1. The summed E-state index contributed by atoms with van der Waals surface area (Å²) >= 11 is 0. The maximum absolute atomic E-state index is 12.6. The number of aromatic nitrogens is 2. The average molecular weight is 357 g/mol. The lowest BCUT2D eigenvalue weighted by Gasteiger charge is -2.16. The zero-order chi connectivity index (χ0) is 18.6. The second-order valence-electron chi connectivity index (χ2n) is 5.26. The number of nitrogens with zero attached hydrogens (tertiary/aromatic N) is 2. The van der Waals surface area contributed by atoms with E-state index in [0.29, 0.717) is 0 Å². The van der Waals surface area contributed by atoms with Crippen LogP contribution in [0.1, 0.15) is 17.2 Å². The smallest absolute Gasteiger partial charge is 0.416 e. The molecule has 134 valence electrons. The van der Waals surface area contributed by atoms with E-state index >= 15 is 0 Å². The fourth-order valence-electron chi connectivity index (χ4n) is 2.12. The molecule has 0 fully saturated rings. The Balaban J connectivity index is 2.15. The quantitative estimate of drug-likeness (QED) is 0.605. The van der Waals surface area contributed by atoms with Gasteiger partial charge in [-0.1, -0.05) is 12.1 Å². The van der Waals surface area contributed by atoms with E-state index in [1.54, 1.807) is 30.3 Å². The summed E-state index contributed by atoms with van der Waals surface area (Å²) in [5, 5.41) is 0. The van der Waals surface area contributed by atoms with Gasteiger partial charge in [0.15, 0.2) is 6.54 Å². The van der Waals surface area contributed by atoms with Crippen LogP contribution in [0.15, 0.2) is 43.0 Å². The van der Waals surface area contributed by atoms with Crippen molar-refractivity contribution >= 4 is 11.9 Å². The molecule has 0 saturated heterocycles. The Morgan fingerprint density at radius 1 is 1.24 bits per heavy atom. The number of halogens is 3. The van der Waals surface area contributed by atoms with E-state index in [1.807, 2.05) is 0 Å². The van der Waals surface area contributed by atoms with Crippen LogP contribution in [0.5, 0.6) is 0 Å². The van der Waals surface area contributed by atoms with E-state index in [4.69, 9.17) is 4.74 Å². The summed E-state index contributed by atoms with van der Waals surface area (Å²) in [5.41, 5.74) is -0.780. The largest absolute Gasteiger partial charge is 0.466 e. The zero-order valence-corrected chi connectivity index (χ0v) is 13.5. The van der Waals surface area contributed by atoms with E-state index in [-0.39, 0.29) is 12.1 Å². The molecule has 0 aliphatic carbocycles. The first-order valence-electron chi connectivity index (χ1n) is 7.16. The van der Waals surface area contributed by atoms with Crippen LogP contribution in [0, 0.1) is 0 Å². The highest BCUT2D eigenvalue weighted by Gasteiger charge is 2.32. The Kier molecular flexibility index (Phi) is 5.45. The van der Waals surface area contributed by atoms with Crippen molar-refractivity contribution in [1.29, 1.82) is 0 Å². The summed E-state index contributed by atoms with van der Waals surface area (Å²) < 4.78 is 50.8. The topological polar surface area (TPSA) is 61.4 Å². The van der Waals surface area contributed by atoms with Gasteiger partial charge in [-0.2, -0.15) is 13.2 Å². The number of alkyl halides is 3. The van der Waals surface area contributed by atoms with Gasteiger partial charge in [-0.05, 0) is 12.1 Å². The Hall–Kier alpha value is -2.84. The molecule has 0 bridgehead atoms. The van der Waals surface area contributed by atoms with Gasteiger partial charge in [0.2, 0.25) is 12.4 Å². The summed E-state index contributed by atoms with van der Waals surface area (Å²) in [6, 6.07) is 3.77. The Bertz CT molecular complexity index is 753. The molecule has 0 aliphatic rings. The summed E-state index contributed by atoms with van der Waals surface area (Å²) in [7, 11) is 2.86. The van der Waals surface area contributed by atoms with Crippen molar-refractivity contribution in [2.75, 3.05) is 7.11 Å². The van der Waals surface area contributed by atoms with Crippen molar-refractivity contribution in [3.63, 3.8) is 0 Å². The zero-order valence-electron chi connectivity index (χ0n) is 13.5. The van der Waals surface area contributed by atoms with Crippen molar-refractivity contribution < 1.29 is 36.8 Å². The third-order valence-electron chi connectivity index (χ3n) is 3.34. The van der Waals surface area contributed by atoms with Crippen LogP contribution in [-0.2, 0) is 38.8 Å². The molecular weight excluding hydrogens is 341 g/mol. The third-order valence-corrected chi connectivity index (χ3v) is 3.34. The van der Waals surface area contributed by atoms with Gasteiger partial charge in [0.1, 0.15) is 12.4 Å². The van der Waals surface area contributed by atoms with Gasteiger partial charge in [0.25, 0.3) is 0 Å². The van der Waals surface area contributed by atoms with E-state index in [2.05, 4.69) is 4.74 Å². The standard InChI is InChI=1S/C16H16F3N2O4/c1-20-7-8-21(10-20)9-13(22)25-14(15(23)24-2)11-3-5-12(6-4-11)16(17,18)19/h3-8,10,14H,9H2,1-2H3/q+1. The molecular formula is C16H16F3N2O4+. The van der Waals surface area contributed by atoms with E-state index in [9.17, 15) is 22.8 Å². The number of aryl methyl sites for hydroxylation is 1. The second-order valence-corrected chi connectivity index (χ2v) is 5.26. The predicted octanol–water partition coefficient (Wildman–Crippen LogP) is 1.79.